The zero-order valence-corrected chi connectivity index (χ0v) is 10.4. The van der Waals surface area contributed by atoms with Crippen molar-refractivity contribution in [3.63, 3.8) is 0 Å². The first-order valence-electron chi connectivity index (χ1n) is 6.02. The quantitative estimate of drug-likeness (QED) is 0.845. The Labute approximate surface area is 106 Å². The Bertz CT molecular complexity index is 496. The molecule has 0 aliphatic rings. The molecule has 2 aromatic rings. The average Bonchev–Trinajstić information content (AvgIpc) is 2.85. The van der Waals surface area contributed by atoms with Crippen LogP contribution in [0.15, 0.2) is 30.6 Å². The molecule has 0 saturated carbocycles. The molecule has 0 atom stereocenters. The van der Waals surface area contributed by atoms with Gasteiger partial charge in [-0.2, -0.15) is 5.10 Å². The number of benzene rings is 1. The van der Waals surface area contributed by atoms with E-state index in [1.54, 1.807) is 6.33 Å². The van der Waals surface area contributed by atoms with E-state index in [1.165, 1.54) is 0 Å². The van der Waals surface area contributed by atoms with Gasteiger partial charge in [-0.25, -0.2) is 9.67 Å². The lowest BCUT2D eigenvalue weighted by atomic mass is 10.2. The molecule has 18 heavy (non-hydrogen) atoms. The number of aliphatic hydroxyl groups is 1. The third-order valence-corrected chi connectivity index (χ3v) is 2.58. The van der Waals surface area contributed by atoms with Crippen LogP contribution < -0.4 is 4.74 Å². The molecule has 5 nitrogen and oxygen atoms in total. The van der Waals surface area contributed by atoms with E-state index in [0.717, 1.165) is 30.1 Å². The first-order valence-corrected chi connectivity index (χ1v) is 6.02. The number of hydrogen-bond acceptors (Lipinski definition) is 4. The van der Waals surface area contributed by atoms with Gasteiger partial charge in [-0.15, -0.1) is 0 Å². The number of nitrogens with zero attached hydrogens (tertiary/aromatic N) is 3. The van der Waals surface area contributed by atoms with Gasteiger partial charge in [0.15, 0.2) is 5.82 Å². The van der Waals surface area contributed by atoms with E-state index < -0.39 is 0 Å². The summed E-state index contributed by atoms with van der Waals surface area (Å²) in [4.78, 5) is 4.17. The largest absolute Gasteiger partial charge is 0.486 e. The minimum absolute atomic E-state index is 0.0171. The van der Waals surface area contributed by atoms with Crippen LogP contribution in [0, 0.1) is 0 Å². The average molecular weight is 247 g/mol. The molecule has 1 heterocycles. The van der Waals surface area contributed by atoms with Crippen LogP contribution >= 0.6 is 0 Å². The fourth-order valence-electron chi connectivity index (χ4n) is 1.68. The summed E-state index contributed by atoms with van der Waals surface area (Å²) in [6.45, 7) is 3.34. The van der Waals surface area contributed by atoms with Crippen LogP contribution in [-0.4, -0.2) is 19.9 Å². The summed E-state index contributed by atoms with van der Waals surface area (Å²) in [7, 11) is 0. The van der Waals surface area contributed by atoms with Crippen molar-refractivity contribution >= 4 is 0 Å². The fraction of sp³-hybridized carbons (Fsp3) is 0.385. The summed E-state index contributed by atoms with van der Waals surface area (Å²) in [5.74, 6) is 1.54. The van der Waals surface area contributed by atoms with Gasteiger partial charge in [0.2, 0.25) is 0 Å². The Morgan fingerprint density at radius 1 is 1.39 bits per heavy atom. The maximum atomic E-state index is 9.05. The first-order chi connectivity index (χ1) is 8.83. The highest BCUT2D eigenvalue weighted by Crippen LogP contribution is 2.14. The number of aryl methyl sites for hydroxylation is 1. The molecule has 5 heteroatoms. The third kappa shape index (κ3) is 3.07. The standard InChI is InChI=1S/C13H17N3O2/c1-2-6-16-13(14-10-15-16)9-18-12-5-3-4-11(7-12)8-17/h3-5,7,10,17H,2,6,8-9H2,1H3. The van der Waals surface area contributed by atoms with Gasteiger partial charge >= 0.3 is 0 Å². The van der Waals surface area contributed by atoms with E-state index in [-0.39, 0.29) is 6.61 Å². The van der Waals surface area contributed by atoms with E-state index in [2.05, 4.69) is 17.0 Å². The second-order valence-electron chi connectivity index (χ2n) is 3.99. The van der Waals surface area contributed by atoms with Gasteiger partial charge in [-0.3, -0.25) is 0 Å². The van der Waals surface area contributed by atoms with Crippen molar-refractivity contribution in [2.45, 2.75) is 33.1 Å². The second kappa shape index (κ2) is 6.16. The van der Waals surface area contributed by atoms with Crippen molar-refractivity contribution in [2.24, 2.45) is 0 Å². The lowest BCUT2D eigenvalue weighted by Crippen LogP contribution is -2.08. The fourth-order valence-corrected chi connectivity index (χ4v) is 1.68. The molecule has 0 radical (unpaired) electrons. The highest BCUT2D eigenvalue weighted by molar-refractivity contribution is 5.28. The Balaban J connectivity index is 1.99. The molecule has 0 bridgehead atoms. The van der Waals surface area contributed by atoms with Crippen molar-refractivity contribution in [1.29, 1.82) is 0 Å². The van der Waals surface area contributed by atoms with Crippen LogP contribution in [0.5, 0.6) is 5.75 Å². The topological polar surface area (TPSA) is 60.2 Å². The molecular formula is C13H17N3O2. The Hall–Kier alpha value is -1.88. The molecule has 0 unspecified atom stereocenters. The van der Waals surface area contributed by atoms with Gasteiger partial charge in [-0.1, -0.05) is 19.1 Å². The van der Waals surface area contributed by atoms with E-state index >= 15 is 0 Å². The molecule has 0 amide bonds. The highest BCUT2D eigenvalue weighted by Gasteiger charge is 2.04. The minimum Gasteiger partial charge on any atom is -0.486 e. The van der Waals surface area contributed by atoms with Crippen LogP contribution in [0.1, 0.15) is 24.7 Å². The van der Waals surface area contributed by atoms with Crippen LogP contribution in [0.4, 0.5) is 0 Å². The van der Waals surface area contributed by atoms with Gasteiger partial charge in [0.05, 0.1) is 6.61 Å². The zero-order valence-electron chi connectivity index (χ0n) is 10.4. The smallest absolute Gasteiger partial charge is 0.164 e. The summed E-state index contributed by atoms with van der Waals surface area (Å²) in [5.41, 5.74) is 0.836. The van der Waals surface area contributed by atoms with Gasteiger partial charge in [0.1, 0.15) is 18.7 Å². The van der Waals surface area contributed by atoms with Crippen LogP contribution in [0.2, 0.25) is 0 Å². The molecule has 1 aromatic heterocycles. The third-order valence-electron chi connectivity index (χ3n) is 2.58. The molecule has 0 aliphatic heterocycles. The van der Waals surface area contributed by atoms with Crippen LogP contribution in [0.3, 0.4) is 0 Å². The maximum absolute atomic E-state index is 9.05. The molecule has 0 spiro atoms. The van der Waals surface area contributed by atoms with Crippen molar-refractivity contribution in [2.75, 3.05) is 0 Å². The number of rotatable bonds is 6. The zero-order chi connectivity index (χ0) is 12.8. The summed E-state index contributed by atoms with van der Waals surface area (Å²) in [6.07, 6.45) is 2.55. The molecule has 2 rings (SSSR count). The SMILES string of the molecule is CCCn1ncnc1COc1cccc(CO)c1. The Kier molecular flexibility index (Phi) is 4.30. The molecule has 1 aromatic carbocycles. The predicted octanol–water partition coefficient (Wildman–Crippen LogP) is 1.76. The monoisotopic (exact) mass is 247 g/mol. The van der Waals surface area contributed by atoms with E-state index in [1.807, 2.05) is 28.9 Å². The highest BCUT2D eigenvalue weighted by atomic mass is 16.5. The summed E-state index contributed by atoms with van der Waals surface area (Å²) >= 11 is 0. The van der Waals surface area contributed by atoms with Gasteiger partial charge in [0, 0.05) is 6.54 Å². The minimum atomic E-state index is 0.0171. The molecule has 1 N–H and O–H groups in total. The Morgan fingerprint density at radius 2 is 2.28 bits per heavy atom. The van der Waals surface area contributed by atoms with Gasteiger partial charge in [0.25, 0.3) is 0 Å². The predicted molar refractivity (Wildman–Crippen MR) is 67.0 cm³/mol. The molecule has 96 valence electrons. The van der Waals surface area contributed by atoms with E-state index in [9.17, 15) is 0 Å². The second-order valence-corrected chi connectivity index (χ2v) is 3.99. The number of ether oxygens (including phenoxy) is 1. The lowest BCUT2D eigenvalue weighted by Gasteiger charge is -2.08. The summed E-state index contributed by atoms with van der Waals surface area (Å²) < 4.78 is 7.49. The molecule has 0 aliphatic carbocycles. The normalized spacial score (nSPS) is 10.6. The number of aliphatic hydroxyl groups excluding tert-OH is 1. The van der Waals surface area contributed by atoms with Crippen molar-refractivity contribution in [3.8, 4) is 5.75 Å². The number of aromatic nitrogens is 3. The van der Waals surface area contributed by atoms with Crippen molar-refractivity contribution in [3.05, 3.63) is 42.0 Å². The summed E-state index contributed by atoms with van der Waals surface area (Å²) in [6, 6.07) is 7.39. The van der Waals surface area contributed by atoms with Crippen molar-refractivity contribution < 1.29 is 9.84 Å². The maximum Gasteiger partial charge on any atom is 0.164 e. The lowest BCUT2D eigenvalue weighted by molar-refractivity contribution is 0.273. The van der Waals surface area contributed by atoms with Crippen LogP contribution in [-0.2, 0) is 19.8 Å². The molecule has 0 fully saturated rings. The first kappa shape index (κ1) is 12.6. The van der Waals surface area contributed by atoms with E-state index in [4.69, 9.17) is 9.84 Å². The van der Waals surface area contributed by atoms with Crippen LogP contribution in [0.25, 0.3) is 0 Å². The van der Waals surface area contributed by atoms with Gasteiger partial charge < -0.3 is 9.84 Å². The molecule has 0 saturated heterocycles. The summed E-state index contributed by atoms with van der Waals surface area (Å²) in [5, 5.41) is 13.2. The van der Waals surface area contributed by atoms with E-state index in [0.29, 0.717) is 6.61 Å². The van der Waals surface area contributed by atoms with Crippen molar-refractivity contribution in [1.82, 2.24) is 14.8 Å². The Morgan fingerprint density at radius 3 is 3.06 bits per heavy atom. The number of hydrogen-bond donors (Lipinski definition) is 1. The van der Waals surface area contributed by atoms with Gasteiger partial charge in [-0.05, 0) is 24.1 Å². The molecular weight excluding hydrogens is 230 g/mol.